The number of aromatic nitrogens is 3. The molecule has 1 fully saturated rings. The first-order chi connectivity index (χ1) is 11.6. The number of anilines is 1. The van der Waals surface area contributed by atoms with E-state index in [0.717, 1.165) is 36.7 Å². The first kappa shape index (κ1) is 16.8. The van der Waals surface area contributed by atoms with Gasteiger partial charge in [0.05, 0.1) is 0 Å². The molecule has 2 aromatic rings. The standard InChI is InChI=1S/C18H25N5O/c1-12-9-20-5-4-13(12)10-23(2)18-8-16(14-6-15(19)7-14)21-17(22-18)11-24-3/h4-5,8-9,14-15H,6-7,10-11,19H2,1-3H3. The molecular weight excluding hydrogens is 302 g/mol. The highest BCUT2D eigenvalue weighted by atomic mass is 16.5. The van der Waals surface area contributed by atoms with Crippen LogP contribution in [0.4, 0.5) is 5.82 Å². The monoisotopic (exact) mass is 327 g/mol. The number of pyridine rings is 1. The van der Waals surface area contributed by atoms with Crippen LogP contribution in [0.25, 0.3) is 0 Å². The Hall–Kier alpha value is -2.05. The van der Waals surface area contributed by atoms with Gasteiger partial charge in [0.25, 0.3) is 0 Å². The second kappa shape index (κ2) is 7.23. The summed E-state index contributed by atoms with van der Waals surface area (Å²) in [7, 11) is 3.72. The Kier molecular flexibility index (Phi) is 5.06. The van der Waals surface area contributed by atoms with Gasteiger partial charge in [0.1, 0.15) is 12.4 Å². The van der Waals surface area contributed by atoms with Gasteiger partial charge in [-0.3, -0.25) is 4.98 Å². The van der Waals surface area contributed by atoms with Crippen molar-refractivity contribution in [3.05, 3.63) is 47.2 Å². The summed E-state index contributed by atoms with van der Waals surface area (Å²) in [6, 6.07) is 4.44. The minimum atomic E-state index is 0.302. The quantitative estimate of drug-likeness (QED) is 0.876. The molecule has 6 heteroatoms. The Morgan fingerprint density at radius 2 is 2.12 bits per heavy atom. The molecule has 1 saturated carbocycles. The number of nitrogens with two attached hydrogens (primary N) is 1. The van der Waals surface area contributed by atoms with Crippen molar-refractivity contribution < 1.29 is 4.74 Å². The van der Waals surface area contributed by atoms with Crippen LogP contribution in [0.3, 0.4) is 0 Å². The molecule has 24 heavy (non-hydrogen) atoms. The topological polar surface area (TPSA) is 77.2 Å². The van der Waals surface area contributed by atoms with Crippen LogP contribution in [0.2, 0.25) is 0 Å². The number of hydrogen-bond donors (Lipinski definition) is 1. The van der Waals surface area contributed by atoms with E-state index in [1.54, 1.807) is 7.11 Å². The Morgan fingerprint density at radius 1 is 1.33 bits per heavy atom. The van der Waals surface area contributed by atoms with Crippen LogP contribution in [0.5, 0.6) is 0 Å². The second-order valence-corrected chi connectivity index (χ2v) is 6.59. The van der Waals surface area contributed by atoms with E-state index in [0.29, 0.717) is 18.6 Å². The van der Waals surface area contributed by atoms with Gasteiger partial charge in [0, 0.05) is 56.8 Å². The van der Waals surface area contributed by atoms with Crippen molar-refractivity contribution in [3.8, 4) is 0 Å². The van der Waals surface area contributed by atoms with Gasteiger partial charge in [-0.2, -0.15) is 0 Å². The van der Waals surface area contributed by atoms with E-state index < -0.39 is 0 Å². The highest BCUT2D eigenvalue weighted by Gasteiger charge is 2.29. The Labute approximate surface area is 143 Å². The average molecular weight is 327 g/mol. The van der Waals surface area contributed by atoms with E-state index in [9.17, 15) is 0 Å². The van der Waals surface area contributed by atoms with E-state index in [1.165, 1.54) is 11.1 Å². The summed E-state index contributed by atoms with van der Waals surface area (Å²) >= 11 is 0. The third-order valence-electron chi connectivity index (χ3n) is 4.58. The molecule has 3 rings (SSSR count). The van der Waals surface area contributed by atoms with Crippen LogP contribution in [-0.4, -0.2) is 35.2 Å². The van der Waals surface area contributed by atoms with Gasteiger partial charge in [0.15, 0.2) is 5.82 Å². The summed E-state index contributed by atoms with van der Waals surface area (Å²) in [6.07, 6.45) is 5.71. The van der Waals surface area contributed by atoms with Crippen molar-refractivity contribution in [2.75, 3.05) is 19.1 Å². The maximum absolute atomic E-state index is 5.94. The molecule has 0 radical (unpaired) electrons. The first-order valence-corrected chi connectivity index (χ1v) is 8.29. The predicted molar refractivity (Wildman–Crippen MR) is 93.8 cm³/mol. The van der Waals surface area contributed by atoms with Crippen molar-refractivity contribution in [1.29, 1.82) is 0 Å². The minimum absolute atomic E-state index is 0.302. The number of methoxy groups -OCH3 is 1. The van der Waals surface area contributed by atoms with Crippen LogP contribution in [0.15, 0.2) is 24.5 Å². The fourth-order valence-electron chi connectivity index (χ4n) is 3.02. The van der Waals surface area contributed by atoms with E-state index in [-0.39, 0.29) is 0 Å². The zero-order valence-electron chi connectivity index (χ0n) is 14.6. The molecule has 0 aromatic carbocycles. The van der Waals surface area contributed by atoms with Crippen LogP contribution in [0, 0.1) is 6.92 Å². The summed E-state index contributed by atoms with van der Waals surface area (Å²) in [6.45, 7) is 3.27. The minimum Gasteiger partial charge on any atom is -0.377 e. The zero-order chi connectivity index (χ0) is 17.1. The molecule has 128 valence electrons. The maximum atomic E-state index is 5.94. The molecule has 2 aromatic heterocycles. The SMILES string of the molecule is COCc1nc(C2CC(N)C2)cc(N(C)Cc2ccncc2C)n1. The molecule has 1 aliphatic rings. The number of hydrogen-bond acceptors (Lipinski definition) is 6. The largest absolute Gasteiger partial charge is 0.377 e. The molecular formula is C18H25N5O. The summed E-state index contributed by atoms with van der Waals surface area (Å²) in [5.41, 5.74) is 9.43. The lowest BCUT2D eigenvalue weighted by Gasteiger charge is -2.32. The molecule has 2 heterocycles. The molecule has 0 amide bonds. The van der Waals surface area contributed by atoms with Crippen molar-refractivity contribution in [2.45, 2.75) is 44.9 Å². The molecule has 0 spiro atoms. The summed E-state index contributed by atoms with van der Waals surface area (Å²) in [5, 5.41) is 0. The van der Waals surface area contributed by atoms with Crippen LogP contribution in [-0.2, 0) is 17.9 Å². The lowest BCUT2D eigenvalue weighted by molar-refractivity contribution is 0.177. The molecule has 0 bridgehead atoms. The molecule has 0 aliphatic heterocycles. The van der Waals surface area contributed by atoms with Gasteiger partial charge < -0.3 is 15.4 Å². The Morgan fingerprint density at radius 3 is 2.79 bits per heavy atom. The maximum Gasteiger partial charge on any atom is 0.156 e. The van der Waals surface area contributed by atoms with Crippen molar-refractivity contribution in [1.82, 2.24) is 15.0 Å². The Bertz CT molecular complexity index is 700. The number of aryl methyl sites for hydroxylation is 1. The van der Waals surface area contributed by atoms with Crippen molar-refractivity contribution in [2.24, 2.45) is 5.73 Å². The third-order valence-corrected chi connectivity index (χ3v) is 4.58. The van der Waals surface area contributed by atoms with Crippen molar-refractivity contribution in [3.63, 3.8) is 0 Å². The van der Waals surface area contributed by atoms with Gasteiger partial charge in [-0.1, -0.05) is 0 Å². The molecule has 0 atom stereocenters. The molecule has 2 N–H and O–H groups in total. The number of nitrogens with zero attached hydrogens (tertiary/aromatic N) is 4. The summed E-state index contributed by atoms with van der Waals surface area (Å²) < 4.78 is 5.23. The van der Waals surface area contributed by atoms with Crippen molar-refractivity contribution >= 4 is 5.82 Å². The van der Waals surface area contributed by atoms with Crippen LogP contribution < -0.4 is 10.6 Å². The van der Waals surface area contributed by atoms with Gasteiger partial charge >= 0.3 is 0 Å². The highest BCUT2D eigenvalue weighted by molar-refractivity contribution is 5.42. The molecule has 6 nitrogen and oxygen atoms in total. The van der Waals surface area contributed by atoms with E-state index in [1.807, 2.05) is 12.4 Å². The van der Waals surface area contributed by atoms with E-state index in [2.05, 4.69) is 46.0 Å². The second-order valence-electron chi connectivity index (χ2n) is 6.59. The summed E-state index contributed by atoms with van der Waals surface area (Å²) in [4.78, 5) is 15.6. The molecule has 0 unspecified atom stereocenters. The smallest absolute Gasteiger partial charge is 0.156 e. The van der Waals surface area contributed by atoms with Gasteiger partial charge in [-0.05, 0) is 37.0 Å². The van der Waals surface area contributed by atoms with Gasteiger partial charge in [-0.15, -0.1) is 0 Å². The number of rotatable bonds is 6. The van der Waals surface area contributed by atoms with Crippen LogP contribution >= 0.6 is 0 Å². The lowest BCUT2D eigenvalue weighted by Crippen LogP contribution is -2.35. The average Bonchev–Trinajstić information content (AvgIpc) is 2.54. The van der Waals surface area contributed by atoms with E-state index >= 15 is 0 Å². The fourth-order valence-corrected chi connectivity index (χ4v) is 3.02. The fraction of sp³-hybridized carbons (Fsp3) is 0.500. The first-order valence-electron chi connectivity index (χ1n) is 8.29. The lowest BCUT2D eigenvalue weighted by atomic mass is 9.78. The van der Waals surface area contributed by atoms with E-state index in [4.69, 9.17) is 10.5 Å². The highest BCUT2D eigenvalue weighted by Crippen LogP contribution is 2.35. The molecule has 1 aliphatic carbocycles. The third kappa shape index (κ3) is 3.71. The summed E-state index contributed by atoms with van der Waals surface area (Å²) in [5.74, 6) is 2.08. The predicted octanol–water partition coefficient (Wildman–Crippen LogP) is 2.17. The van der Waals surface area contributed by atoms with Gasteiger partial charge in [-0.25, -0.2) is 9.97 Å². The molecule has 0 saturated heterocycles. The van der Waals surface area contributed by atoms with Gasteiger partial charge in [0.2, 0.25) is 0 Å². The normalized spacial score (nSPS) is 19.8. The van der Waals surface area contributed by atoms with Crippen LogP contribution in [0.1, 0.15) is 41.4 Å². The Balaban J connectivity index is 1.84. The number of ether oxygens (including phenoxy) is 1. The zero-order valence-corrected chi connectivity index (χ0v) is 14.6.